The fourth-order valence-electron chi connectivity index (χ4n) is 4.60. The van der Waals surface area contributed by atoms with Gasteiger partial charge in [-0.15, -0.1) is 0 Å². The topological polar surface area (TPSA) is 29.5 Å². The molecule has 3 fully saturated rings. The molecule has 3 saturated heterocycles. The van der Waals surface area contributed by atoms with Crippen molar-refractivity contribution in [3.05, 3.63) is 35.9 Å². The van der Waals surface area contributed by atoms with E-state index in [9.17, 15) is 4.79 Å². The molecule has 1 aromatic carbocycles. The van der Waals surface area contributed by atoms with Crippen molar-refractivity contribution in [2.24, 2.45) is 11.8 Å². The van der Waals surface area contributed by atoms with Crippen molar-refractivity contribution < 1.29 is 9.53 Å². The molecule has 0 spiro atoms. The maximum absolute atomic E-state index is 12.9. The Kier molecular flexibility index (Phi) is 3.26. The van der Waals surface area contributed by atoms with Crippen LogP contribution < -0.4 is 0 Å². The average molecular weight is 285 g/mol. The summed E-state index contributed by atoms with van der Waals surface area (Å²) in [6.07, 6.45) is 4.12. The molecule has 0 unspecified atom stereocenters. The molecule has 2 bridgehead atoms. The van der Waals surface area contributed by atoms with Crippen molar-refractivity contribution in [2.45, 2.75) is 44.3 Å². The second-order valence-electron chi connectivity index (χ2n) is 6.73. The fraction of sp³-hybridized carbons (Fsp3) is 0.611. The minimum Gasteiger partial charge on any atom is -0.374 e. The van der Waals surface area contributed by atoms with Crippen molar-refractivity contribution in [2.75, 3.05) is 13.1 Å². The standard InChI is InChI=1S/C18H23NO2/c1-2-13(12-6-4-3-5-7-12)18(20)19-10-14-15(11-19)17-9-8-16(14)21-17/h3-7,13-17H,2,8-11H2,1H3/t13-,14-,15+,16+,17+/m0/s1. The highest BCUT2D eigenvalue weighted by Crippen LogP contribution is 2.47. The Morgan fingerprint density at radius 1 is 1.19 bits per heavy atom. The first-order chi connectivity index (χ1) is 10.3. The molecule has 3 aliphatic rings. The van der Waals surface area contributed by atoms with Crippen LogP contribution in [0.25, 0.3) is 0 Å². The Morgan fingerprint density at radius 3 is 2.38 bits per heavy atom. The van der Waals surface area contributed by atoms with E-state index in [1.54, 1.807) is 0 Å². The van der Waals surface area contributed by atoms with Crippen LogP contribution in [-0.4, -0.2) is 36.1 Å². The van der Waals surface area contributed by atoms with Crippen molar-refractivity contribution in [1.29, 1.82) is 0 Å². The number of rotatable bonds is 3. The summed E-state index contributed by atoms with van der Waals surface area (Å²) < 4.78 is 6.00. The number of likely N-dealkylation sites (tertiary alicyclic amines) is 1. The van der Waals surface area contributed by atoms with Crippen molar-refractivity contribution in [3.8, 4) is 0 Å². The summed E-state index contributed by atoms with van der Waals surface area (Å²) in [5, 5.41) is 0. The Labute approximate surface area is 126 Å². The lowest BCUT2D eigenvalue weighted by Gasteiger charge is -2.24. The Balaban J connectivity index is 1.50. The predicted octanol–water partition coefficient (Wildman–Crippen LogP) is 2.82. The van der Waals surface area contributed by atoms with Crippen molar-refractivity contribution >= 4 is 5.91 Å². The number of carbonyl (C=O) groups is 1. The van der Waals surface area contributed by atoms with Crippen LogP contribution in [0.3, 0.4) is 0 Å². The highest BCUT2D eigenvalue weighted by molar-refractivity contribution is 5.84. The van der Waals surface area contributed by atoms with Crippen LogP contribution in [-0.2, 0) is 9.53 Å². The second kappa shape index (κ2) is 5.13. The molecule has 3 nitrogen and oxygen atoms in total. The number of hydrogen-bond acceptors (Lipinski definition) is 2. The van der Waals surface area contributed by atoms with Crippen LogP contribution in [0.15, 0.2) is 30.3 Å². The molecule has 21 heavy (non-hydrogen) atoms. The van der Waals surface area contributed by atoms with Gasteiger partial charge in [0.15, 0.2) is 0 Å². The SMILES string of the molecule is CC[C@H](C(=O)N1C[C@@H]2[C@H](C1)[C@H]1CC[C@H]2O1)c1ccccc1. The summed E-state index contributed by atoms with van der Waals surface area (Å²) in [4.78, 5) is 15.0. The lowest BCUT2D eigenvalue weighted by atomic mass is 9.82. The minimum absolute atomic E-state index is 0.0172. The largest absolute Gasteiger partial charge is 0.374 e. The molecule has 0 radical (unpaired) electrons. The number of hydrogen-bond donors (Lipinski definition) is 0. The minimum atomic E-state index is 0.0172. The third-order valence-corrected chi connectivity index (χ3v) is 5.67. The van der Waals surface area contributed by atoms with Gasteiger partial charge >= 0.3 is 0 Å². The van der Waals surface area contributed by atoms with E-state index in [4.69, 9.17) is 4.74 Å². The average Bonchev–Trinajstić information content (AvgIpc) is 3.21. The van der Waals surface area contributed by atoms with Crippen LogP contribution in [0.5, 0.6) is 0 Å². The van der Waals surface area contributed by atoms with Gasteiger partial charge in [-0.2, -0.15) is 0 Å². The molecule has 3 heterocycles. The van der Waals surface area contributed by atoms with E-state index in [0.717, 1.165) is 25.1 Å². The smallest absolute Gasteiger partial charge is 0.230 e. The molecule has 1 aromatic rings. The maximum Gasteiger partial charge on any atom is 0.230 e. The summed E-state index contributed by atoms with van der Waals surface area (Å²) >= 11 is 0. The second-order valence-corrected chi connectivity index (χ2v) is 6.73. The third kappa shape index (κ3) is 2.10. The van der Waals surface area contributed by atoms with Crippen LogP contribution in [0.4, 0.5) is 0 Å². The van der Waals surface area contributed by atoms with Crippen LogP contribution in [0, 0.1) is 11.8 Å². The number of ether oxygens (including phenoxy) is 1. The molecule has 0 saturated carbocycles. The molecule has 3 aliphatic heterocycles. The monoisotopic (exact) mass is 285 g/mol. The summed E-state index contributed by atoms with van der Waals surface area (Å²) in [5.74, 6) is 1.53. The van der Waals surface area contributed by atoms with Crippen LogP contribution in [0.1, 0.15) is 37.7 Å². The fourth-order valence-corrected chi connectivity index (χ4v) is 4.60. The van der Waals surface area contributed by atoms with Crippen molar-refractivity contribution in [1.82, 2.24) is 4.90 Å². The van der Waals surface area contributed by atoms with Crippen LogP contribution >= 0.6 is 0 Å². The Bertz CT molecular complexity index is 511. The zero-order chi connectivity index (χ0) is 14.4. The normalized spacial score (nSPS) is 35.0. The zero-order valence-corrected chi connectivity index (χ0v) is 12.6. The molecule has 3 heteroatoms. The quantitative estimate of drug-likeness (QED) is 0.854. The molecule has 5 atom stereocenters. The predicted molar refractivity (Wildman–Crippen MR) is 80.9 cm³/mol. The van der Waals surface area contributed by atoms with Crippen LogP contribution in [0.2, 0.25) is 0 Å². The van der Waals surface area contributed by atoms with E-state index in [-0.39, 0.29) is 5.92 Å². The van der Waals surface area contributed by atoms with E-state index in [1.807, 2.05) is 18.2 Å². The van der Waals surface area contributed by atoms with Gasteiger partial charge in [0.1, 0.15) is 0 Å². The van der Waals surface area contributed by atoms with Gasteiger partial charge in [-0.05, 0) is 24.8 Å². The molecular formula is C18H23NO2. The summed E-state index contributed by atoms with van der Waals surface area (Å²) in [6.45, 7) is 3.93. The van der Waals surface area contributed by atoms with E-state index in [1.165, 1.54) is 12.8 Å². The third-order valence-electron chi connectivity index (χ3n) is 5.67. The lowest BCUT2D eigenvalue weighted by Crippen LogP contribution is -2.35. The molecule has 0 aliphatic carbocycles. The van der Waals surface area contributed by atoms with Gasteiger partial charge in [0.2, 0.25) is 5.91 Å². The van der Waals surface area contributed by atoms with Gasteiger partial charge in [0.05, 0.1) is 18.1 Å². The number of benzene rings is 1. The maximum atomic E-state index is 12.9. The molecule has 0 N–H and O–H groups in total. The zero-order valence-electron chi connectivity index (χ0n) is 12.6. The summed E-state index contributed by atoms with van der Waals surface area (Å²) in [7, 11) is 0. The van der Waals surface area contributed by atoms with Gasteiger partial charge in [-0.25, -0.2) is 0 Å². The molecule has 0 aromatic heterocycles. The molecular weight excluding hydrogens is 262 g/mol. The molecule has 1 amide bonds. The summed E-state index contributed by atoms with van der Waals surface area (Å²) in [5.41, 5.74) is 1.15. The molecule has 4 rings (SSSR count). The van der Waals surface area contributed by atoms with Gasteiger partial charge in [0, 0.05) is 24.9 Å². The van der Waals surface area contributed by atoms with Gasteiger partial charge < -0.3 is 9.64 Å². The van der Waals surface area contributed by atoms with E-state index in [0.29, 0.717) is 30.0 Å². The van der Waals surface area contributed by atoms with Gasteiger partial charge in [-0.1, -0.05) is 37.3 Å². The highest BCUT2D eigenvalue weighted by atomic mass is 16.5. The number of fused-ring (bicyclic) bond motifs is 5. The van der Waals surface area contributed by atoms with Gasteiger partial charge in [0.25, 0.3) is 0 Å². The van der Waals surface area contributed by atoms with E-state index < -0.39 is 0 Å². The Morgan fingerprint density at radius 2 is 1.81 bits per heavy atom. The van der Waals surface area contributed by atoms with E-state index in [2.05, 4.69) is 24.0 Å². The number of carbonyl (C=O) groups excluding carboxylic acids is 1. The lowest BCUT2D eigenvalue weighted by molar-refractivity contribution is -0.132. The number of nitrogens with zero attached hydrogens (tertiary/aromatic N) is 1. The van der Waals surface area contributed by atoms with Gasteiger partial charge in [-0.3, -0.25) is 4.79 Å². The first kappa shape index (κ1) is 13.3. The highest BCUT2D eigenvalue weighted by Gasteiger charge is 2.54. The van der Waals surface area contributed by atoms with Crippen molar-refractivity contribution in [3.63, 3.8) is 0 Å². The van der Waals surface area contributed by atoms with E-state index >= 15 is 0 Å². The Hall–Kier alpha value is -1.35. The summed E-state index contributed by atoms with van der Waals surface area (Å²) in [6, 6.07) is 10.2. The first-order valence-corrected chi connectivity index (χ1v) is 8.27. The number of amides is 1. The molecule has 112 valence electrons. The first-order valence-electron chi connectivity index (χ1n) is 8.27.